The van der Waals surface area contributed by atoms with Gasteiger partial charge in [0.15, 0.2) is 0 Å². The molecule has 0 aromatic heterocycles. The van der Waals surface area contributed by atoms with Gasteiger partial charge in [0, 0.05) is 32.2 Å². The molecule has 3 fully saturated rings. The number of esters is 1. The largest absolute Gasteiger partial charge is 0.459 e. The number of methoxy groups -OCH3 is 1. The first kappa shape index (κ1) is 45.5. The van der Waals surface area contributed by atoms with Gasteiger partial charge in [0.1, 0.15) is 23.9 Å². The number of carbonyl (C=O) groups excluding carboxylic acids is 1. The van der Waals surface area contributed by atoms with Gasteiger partial charge in [-0.15, -0.1) is 0 Å². The van der Waals surface area contributed by atoms with Crippen LogP contribution in [0.2, 0.25) is 0 Å². The molecule has 12 heteroatoms. The molecular weight excluding hydrogens is 668 g/mol. The van der Waals surface area contributed by atoms with Crippen LogP contribution in [0.25, 0.3) is 0 Å². The summed E-state index contributed by atoms with van der Waals surface area (Å²) in [6, 6.07) is -0.596. The van der Waals surface area contributed by atoms with E-state index in [1.54, 1.807) is 7.11 Å². The maximum atomic E-state index is 14.3. The number of aliphatic hydroxyl groups excluding tert-OH is 3. The fourth-order valence-electron chi connectivity index (χ4n) is 10.0. The van der Waals surface area contributed by atoms with E-state index < -0.39 is 83.2 Å². The van der Waals surface area contributed by atoms with Crippen molar-refractivity contribution in [2.75, 3.05) is 34.8 Å². The van der Waals surface area contributed by atoms with Gasteiger partial charge in [-0.2, -0.15) is 0 Å². The Bertz CT molecular complexity index is 1140. The lowest BCUT2D eigenvalue weighted by atomic mass is 9.64. The van der Waals surface area contributed by atoms with Crippen molar-refractivity contribution in [1.82, 2.24) is 9.80 Å². The summed E-state index contributed by atoms with van der Waals surface area (Å²) < 4.78 is 24.8. The first-order valence-electron chi connectivity index (χ1n) is 19.8. The number of ether oxygens (including phenoxy) is 4. The van der Waals surface area contributed by atoms with Crippen LogP contribution >= 0.6 is 0 Å². The highest BCUT2D eigenvalue weighted by Gasteiger charge is 2.51. The molecule has 3 aliphatic rings. The second-order valence-electron chi connectivity index (χ2n) is 18.1. The van der Waals surface area contributed by atoms with Gasteiger partial charge in [-0.25, -0.2) is 0 Å². The summed E-state index contributed by atoms with van der Waals surface area (Å²) in [7, 11) is 7.40. The van der Waals surface area contributed by atoms with E-state index in [0.717, 1.165) is 0 Å². The number of hydrogen-bond donors (Lipinski definition) is 5. The zero-order valence-electron chi connectivity index (χ0n) is 34.8. The van der Waals surface area contributed by atoms with Gasteiger partial charge in [-0.1, -0.05) is 27.7 Å². The first-order chi connectivity index (χ1) is 23.9. The second kappa shape index (κ2) is 17.9. The molecule has 0 aromatic carbocycles. The molecule has 12 nitrogen and oxygen atoms in total. The monoisotopic (exact) mass is 745 g/mol. The number of likely N-dealkylation sites (N-methyl/N-ethyl adjacent to an activating group) is 2. The fraction of sp³-hybridized carbons (Fsp3) is 0.975. The Morgan fingerprint density at radius 3 is 2.12 bits per heavy atom. The van der Waals surface area contributed by atoms with Gasteiger partial charge >= 0.3 is 5.97 Å². The van der Waals surface area contributed by atoms with Crippen LogP contribution in [-0.4, -0.2) is 154 Å². The Labute approximate surface area is 314 Å². The van der Waals surface area contributed by atoms with E-state index in [9.17, 15) is 30.3 Å². The quantitative estimate of drug-likeness (QED) is 0.243. The summed E-state index contributed by atoms with van der Waals surface area (Å²) in [5.41, 5.74) is -3.85. The van der Waals surface area contributed by atoms with E-state index in [-0.39, 0.29) is 30.1 Å². The van der Waals surface area contributed by atoms with E-state index in [2.05, 4.69) is 13.8 Å². The molecular formula is C40H76N2O10. The summed E-state index contributed by atoms with van der Waals surface area (Å²) in [6.07, 6.45) is -2.80. The Balaban J connectivity index is 2.17. The van der Waals surface area contributed by atoms with E-state index >= 15 is 0 Å². The smallest absolute Gasteiger partial charge is 0.309 e. The molecule has 0 amide bonds. The van der Waals surface area contributed by atoms with Crippen molar-refractivity contribution in [1.29, 1.82) is 0 Å². The van der Waals surface area contributed by atoms with Crippen LogP contribution in [-0.2, 0) is 23.7 Å². The lowest BCUT2D eigenvalue weighted by Crippen LogP contribution is -2.59. The van der Waals surface area contributed by atoms with Crippen molar-refractivity contribution in [2.45, 2.75) is 185 Å². The molecule has 3 rings (SSSR count). The van der Waals surface area contributed by atoms with E-state index in [1.807, 2.05) is 79.4 Å². The molecule has 0 bridgehead atoms. The third kappa shape index (κ3) is 10.1. The Hall–Kier alpha value is -0.930. The fourth-order valence-corrected chi connectivity index (χ4v) is 10.0. The zero-order chi connectivity index (χ0) is 39.7. The van der Waals surface area contributed by atoms with Crippen LogP contribution in [0.1, 0.15) is 108 Å². The van der Waals surface area contributed by atoms with Gasteiger partial charge in [0.05, 0.1) is 47.6 Å². The third-order valence-corrected chi connectivity index (χ3v) is 13.5. The Morgan fingerprint density at radius 2 is 1.56 bits per heavy atom. The molecule has 0 spiro atoms. The maximum absolute atomic E-state index is 14.3. The topological polar surface area (TPSA) is 162 Å². The second-order valence-corrected chi connectivity index (χ2v) is 18.1. The molecule has 52 heavy (non-hydrogen) atoms. The minimum atomic E-state index is -1.73. The van der Waals surface area contributed by atoms with Crippen LogP contribution in [0, 0.1) is 29.6 Å². The summed E-state index contributed by atoms with van der Waals surface area (Å²) in [6.45, 7) is 19.3. The zero-order valence-corrected chi connectivity index (χ0v) is 34.8. The third-order valence-electron chi connectivity index (χ3n) is 13.5. The Kier molecular flexibility index (Phi) is 15.6. The van der Waals surface area contributed by atoms with Gasteiger partial charge < -0.3 is 54.3 Å². The highest BCUT2D eigenvalue weighted by molar-refractivity contribution is 5.72. The summed E-state index contributed by atoms with van der Waals surface area (Å²) >= 11 is 0. The van der Waals surface area contributed by atoms with E-state index in [4.69, 9.17) is 18.9 Å². The highest BCUT2D eigenvalue weighted by atomic mass is 16.6. The molecule has 0 radical (unpaired) electrons. The maximum Gasteiger partial charge on any atom is 0.309 e. The van der Waals surface area contributed by atoms with Crippen LogP contribution in [0.4, 0.5) is 0 Å². The van der Waals surface area contributed by atoms with Crippen molar-refractivity contribution < 1.29 is 49.3 Å². The van der Waals surface area contributed by atoms with Crippen LogP contribution < -0.4 is 0 Å². The van der Waals surface area contributed by atoms with Gasteiger partial charge in [-0.3, -0.25) is 4.79 Å². The lowest BCUT2D eigenvalue weighted by Gasteiger charge is -2.49. The molecule has 0 aliphatic carbocycles. The summed E-state index contributed by atoms with van der Waals surface area (Å²) in [5, 5.41) is 58.6. The minimum absolute atomic E-state index is 0.0211. The number of hydrogen-bond acceptors (Lipinski definition) is 12. The standard InChI is InChI=1S/C40H76N2O10/c1-15-33-40(10,48)35(44)26(6)42(13)21-22(2)19-38(8,47)30(18-32-34(43)31(41(11)12)16-23(3)50-32)24(4)29(25(5)37(46)52-33)17-28-20-39(9,49-14)36(45)27(7)51-28/h22-36,43-45,47-48H,15-21H2,1-14H3/t22-,23+,24-,25+,26+,27-,28+,29+,30-,31-,32-,33-,34-,35-,36+,38+,39-,40-/m0/s1. The van der Waals surface area contributed by atoms with Crippen LogP contribution in [0.3, 0.4) is 0 Å². The Morgan fingerprint density at radius 1 is 0.942 bits per heavy atom. The molecule has 3 heterocycles. The normalized spacial score (nSPS) is 49.6. The first-order valence-corrected chi connectivity index (χ1v) is 19.8. The molecule has 3 saturated heterocycles. The molecule has 306 valence electrons. The van der Waals surface area contributed by atoms with Crippen molar-refractivity contribution in [3.63, 3.8) is 0 Å². The SMILES string of the molecule is CC[C@@H]1OC(=O)[C@H](C)[C@H](C[C@@H]2C[C@](C)(OC)[C@H](O)[C@H](C)O2)[C@H](C)[C@H](C[C@@H]2O[C@H](C)C[C@H](N(C)C)[C@@H]2O)[C@](C)(O)C[C@H](C)CN(C)[C@H](C)[C@H](O)[C@@]1(C)O. The summed E-state index contributed by atoms with van der Waals surface area (Å²) in [5.74, 6) is -2.35. The predicted octanol–water partition coefficient (Wildman–Crippen LogP) is 3.23. The number of nitrogens with zero attached hydrogens (tertiary/aromatic N) is 2. The minimum Gasteiger partial charge on any atom is -0.459 e. The van der Waals surface area contributed by atoms with Crippen molar-refractivity contribution >= 4 is 5.97 Å². The molecule has 0 aromatic rings. The average Bonchev–Trinajstić information content (AvgIpc) is 3.05. The lowest BCUT2D eigenvalue weighted by molar-refractivity contribution is -0.220. The van der Waals surface area contributed by atoms with Crippen molar-refractivity contribution in [2.24, 2.45) is 29.6 Å². The predicted molar refractivity (Wildman–Crippen MR) is 201 cm³/mol. The van der Waals surface area contributed by atoms with Crippen LogP contribution in [0.15, 0.2) is 0 Å². The van der Waals surface area contributed by atoms with Crippen molar-refractivity contribution in [3.8, 4) is 0 Å². The van der Waals surface area contributed by atoms with Gasteiger partial charge in [0.25, 0.3) is 0 Å². The van der Waals surface area contributed by atoms with Crippen LogP contribution in [0.5, 0.6) is 0 Å². The summed E-state index contributed by atoms with van der Waals surface area (Å²) in [4.78, 5) is 18.3. The molecule has 3 aliphatic heterocycles. The average molecular weight is 745 g/mol. The molecule has 5 N–H and O–H groups in total. The highest BCUT2D eigenvalue weighted by Crippen LogP contribution is 2.46. The number of cyclic esters (lactones) is 1. The van der Waals surface area contributed by atoms with E-state index in [1.165, 1.54) is 6.92 Å². The molecule has 18 atom stereocenters. The van der Waals surface area contributed by atoms with Crippen molar-refractivity contribution in [3.05, 3.63) is 0 Å². The van der Waals surface area contributed by atoms with Gasteiger partial charge in [-0.05, 0) is 118 Å². The number of rotatable bonds is 7. The molecule has 0 saturated carbocycles. The van der Waals surface area contributed by atoms with E-state index in [0.29, 0.717) is 45.1 Å². The number of aliphatic hydroxyl groups is 5. The molecule has 0 unspecified atom stereocenters. The van der Waals surface area contributed by atoms with Gasteiger partial charge in [0.2, 0.25) is 0 Å². The number of carbonyl (C=O) groups is 1.